The van der Waals surface area contributed by atoms with E-state index in [1.165, 1.54) is 19.2 Å². The quantitative estimate of drug-likeness (QED) is 0.339. The summed E-state index contributed by atoms with van der Waals surface area (Å²) < 4.78 is 32.1. The number of methoxy groups -OCH3 is 1. The Morgan fingerprint density at radius 2 is 1.79 bits per heavy atom. The van der Waals surface area contributed by atoms with Crippen LogP contribution in [0.4, 0.5) is 17.1 Å². The van der Waals surface area contributed by atoms with Gasteiger partial charge in [-0.2, -0.15) is 0 Å². The Hall–Kier alpha value is -2.57. The summed E-state index contributed by atoms with van der Waals surface area (Å²) in [5.74, 6) is -0.353. The molecule has 0 fully saturated rings. The summed E-state index contributed by atoms with van der Waals surface area (Å²) in [6.07, 6.45) is 1.03. The van der Waals surface area contributed by atoms with Gasteiger partial charge in [-0.25, -0.2) is 8.42 Å². The molecule has 0 aliphatic rings. The summed E-state index contributed by atoms with van der Waals surface area (Å²) in [6.45, 7) is 5.86. The lowest BCUT2D eigenvalue weighted by Crippen LogP contribution is -2.18. The fourth-order valence-corrected chi connectivity index (χ4v) is 5.07. The molecule has 1 aromatic heterocycles. The molecule has 0 aliphatic carbocycles. The highest BCUT2D eigenvalue weighted by Crippen LogP contribution is 2.41. The van der Waals surface area contributed by atoms with Crippen LogP contribution in [0.3, 0.4) is 0 Å². The Morgan fingerprint density at radius 1 is 1.15 bits per heavy atom. The van der Waals surface area contributed by atoms with Crippen molar-refractivity contribution < 1.29 is 28.4 Å². The first-order valence-corrected chi connectivity index (χ1v) is 12.7. The van der Waals surface area contributed by atoms with Crippen LogP contribution in [0, 0.1) is 0 Å². The van der Waals surface area contributed by atoms with E-state index < -0.39 is 15.9 Å². The molecule has 0 saturated heterocycles. The molecule has 3 rings (SSSR count). The predicted octanol–water partition coefficient (Wildman–Crippen LogP) is 5.07. The van der Waals surface area contributed by atoms with Gasteiger partial charge in [0, 0.05) is 10.4 Å². The van der Waals surface area contributed by atoms with Crippen molar-refractivity contribution in [2.45, 2.75) is 26.2 Å². The SMILES string of the molecule is COc1c(NC(=O)c2cc3c(Cl)ccc(N(O)O)c3s2)cc(C(C)(C)C)cc1NS(C)(=O)=O. The first kappa shape index (κ1) is 25.1. The first-order valence-electron chi connectivity index (χ1n) is 9.63. The molecule has 3 aromatic rings. The van der Waals surface area contributed by atoms with Crippen LogP contribution in [0.2, 0.25) is 5.02 Å². The van der Waals surface area contributed by atoms with Gasteiger partial charge in [0.15, 0.2) is 5.75 Å². The van der Waals surface area contributed by atoms with Gasteiger partial charge >= 0.3 is 0 Å². The third kappa shape index (κ3) is 5.50. The number of hydrogen-bond acceptors (Lipinski definition) is 8. The van der Waals surface area contributed by atoms with Crippen LogP contribution in [0.1, 0.15) is 36.0 Å². The summed E-state index contributed by atoms with van der Waals surface area (Å²) in [4.78, 5) is 13.4. The molecular weight excluding hydrogens is 490 g/mol. The first-order chi connectivity index (χ1) is 15.2. The molecule has 1 amide bonds. The van der Waals surface area contributed by atoms with Gasteiger partial charge in [-0.15, -0.1) is 16.6 Å². The Labute approximate surface area is 200 Å². The third-order valence-corrected chi connectivity index (χ3v) is 6.83. The molecule has 0 spiro atoms. The molecule has 9 nitrogen and oxygen atoms in total. The average Bonchev–Trinajstić information content (AvgIpc) is 3.12. The van der Waals surface area contributed by atoms with Crippen molar-refractivity contribution >= 4 is 66.0 Å². The van der Waals surface area contributed by atoms with Crippen LogP contribution < -0.4 is 20.0 Å². The highest BCUT2D eigenvalue weighted by atomic mass is 35.5. The van der Waals surface area contributed by atoms with E-state index in [2.05, 4.69) is 10.0 Å². The number of anilines is 3. The number of carbonyl (C=O) groups is 1. The average molecular weight is 514 g/mol. The van der Waals surface area contributed by atoms with Crippen molar-refractivity contribution in [3.05, 3.63) is 45.8 Å². The minimum atomic E-state index is -3.61. The molecule has 0 saturated carbocycles. The topological polar surface area (TPSA) is 128 Å². The number of ether oxygens (including phenoxy) is 1. The number of nitrogens with one attached hydrogen (secondary N) is 2. The summed E-state index contributed by atoms with van der Waals surface area (Å²) in [7, 11) is -2.24. The number of hydrogen-bond donors (Lipinski definition) is 4. The molecule has 33 heavy (non-hydrogen) atoms. The van der Waals surface area contributed by atoms with Crippen molar-refractivity contribution in [3.8, 4) is 5.75 Å². The van der Waals surface area contributed by atoms with Crippen LogP contribution in [0.15, 0.2) is 30.3 Å². The Balaban J connectivity index is 2.10. The molecule has 4 N–H and O–H groups in total. The maximum atomic E-state index is 13.1. The molecule has 12 heteroatoms. The van der Waals surface area contributed by atoms with E-state index in [1.54, 1.807) is 18.2 Å². The monoisotopic (exact) mass is 513 g/mol. The molecular formula is C21H24ClN3O6S2. The van der Waals surface area contributed by atoms with Crippen LogP contribution in [-0.2, 0) is 15.4 Å². The minimum absolute atomic E-state index is 0.0319. The van der Waals surface area contributed by atoms with Gasteiger partial charge in [0.25, 0.3) is 5.91 Å². The smallest absolute Gasteiger partial charge is 0.265 e. The largest absolute Gasteiger partial charge is 0.492 e. The standard InChI is InChI=1S/C21H24ClN3O6S2/c1-21(2,3)11-8-14(18(31-4)15(9-11)24-33(5,29)30)23-20(26)17-10-12-13(22)6-7-16(25(27)28)19(12)32-17/h6-10,24,27-28H,1-5H3,(H,23,26). The number of sulfonamides is 1. The zero-order valence-corrected chi connectivity index (χ0v) is 20.9. The van der Waals surface area contributed by atoms with Crippen molar-refractivity contribution in [2.24, 2.45) is 0 Å². The van der Waals surface area contributed by atoms with Crippen LogP contribution in [0.25, 0.3) is 10.1 Å². The van der Waals surface area contributed by atoms with Crippen molar-refractivity contribution in [1.82, 2.24) is 0 Å². The van der Waals surface area contributed by atoms with Gasteiger partial charge in [-0.3, -0.25) is 19.9 Å². The number of rotatable bonds is 6. The fourth-order valence-electron chi connectivity index (χ4n) is 3.18. The summed E-state index contributed by atoms with van der Waals surface area (Å²) in [5.41, 5.74) is 0.954. The van der Waals surface area contributed by atoms with Crippen LogP contribution in [0.5, 0.6) is 5.75 Å². The number of carbonyl (C=O) groups excluding carboxylic acids is 1. The third-order valence-electron chi connectivity index (χ3n) is 4.75. The number of fused-ring (bicyclic) bond motifs is 1. The highest BCUT2D eigenvalue weighted by molar-refractivity contribution is 7.92. The summed E-state index contributed by atoms with van der Waals surface area (Å²) in [5, 5.41) is 22.5. The molecule has 0 atom stereocenters. The van der Waals surface area contributed by atoms with E-state index in [9.17, 15) is 23.6 Å². The van der Waals surface area contributed by atoms with E-state index in [1.807, 2.05) is 20.8 Å². The molecule has 1 heterocycles. The lowest BCUT2D eigenvalue weighted by atomic mass is 9.86. The number of halogens is 1. The van der Waals surface area contributed by atoms with E-state index in [4.69, 9.17) is 16.3 Å². The molecule has 178 valence electrons. The minimum Gasteiger partial charge on any atom is -0.492 e. The predicted molar refractivity (Wildman–Crippen MR) is 131 cm³/mol. The second-order valence-electron chi connectivity index (χ2n) is 8.39. The van der Waals surface area contributed by atoms with Gasteiger partial charge in [-0.05, 0) is 41.3 Å². The second kappa shape index (κ2) is 8.99. The molecule has 0 radical (unpaired) electrons. The van der Waals surface area contributed by atoms with Crippen molar-refractivity contribution in [2.75, 3.05) is 28.6 Å². The second-order valence-corrected chi connectivity index (χ2v) is 11.6. The zero-order chi connectivity index (χ0) is 24.7. The fraction of sp³-hybridized carbons (Fsp3) is 0.286. The number of benzene rings is 2. The number of nitrogens with zero attached hydrogens (tertiary/aromatic N) is 1. The van der Waals surface area contributed by atoms with Gasteiger partial charge in [0.2, 0.25) is 10.0 Å². The molecule has 0 bridgehead atoms. The molecule has 0 unspecified atom stereocenters. The number of amides is 1. The summed E-state index contributed by atoms with van der Waals surface area (Å²) in [6, 6.07) is 7.84. The lowest BCUT2D eigenvalue weighted by molar-refractivity contribution is 0.0300. The van der Waals surface area contributed by atoms with E-state index in [0.29, 0.717) is 15.1 Å². The van der Waals surface area contributed by atoms with Crippen molar-refractivity contribution in [3.63, 3.8) is 0 Å². The zero-order valence-electron chi connectivity index (χ0n) is 18.6. The normalized spacial score (nSPS) is 12.0. The Morgan fingerprint density at radius 3 is 2.33 bits per heavy atom. The van der Waals surface area contributed by atoms with E-state index in [0.717, 1.165) is 23.2 Å². The number of thiophene rings is 1. The molecule has 2 aromatic carbocycles. The maximum absolute atomic E-state index is 13.1. The van der Waals surface area contributed by atoms with Gasteiger partial charge < -0.3 is 10.1 Å². The molecule has 0 aliphatic heterocycles. The van der Waals surface area contributed by atoms with Gasteiger partial charge in [0.1, 0.15) is 5.69 Å². The Kier molecular flexibility index (Phi) is 6.83. The highest BCUT2D eigenvalue weighted by Gasteiger charge is 2.23. The van der Waals surface area contributed by atoms with E-state index >= 15 is 0 Å². The maximum Gasteiger partial charge on any atom is 0.265 e. The van der Waals surface area contributed by atoms with Crippen molar-refractivity contribution in [1.29, 1.82) is 0 Å². The Bertz CT molecular complexity index is 1330. The lowest BCUT2D eigenvalue weighted by Gasteiger charge is -2.23. The van der Waals surface area contributed by atoms with E-state index in [-0.39, 0.29) is 38.3 Å². The van der Waals surface area contributed by atoms with Gasteiger partial charge in [-0.1, -0.05) is 32.4 Å². The summed E-state index contributed by atoms with van der Waals surface area (Å²) >= 11 is 7.24. The van der Waals surface area contributed by atoms with Crippen LogP contribution in [-0.4, -0.2) is 38.1 Å². The van der Waals surface area contributed by atoms with Crippen LogP contribution >= 0.6 is 22.9 Å². The van der Waals surface area contributed by atoms with Gasteiger partial charge in [0.05, 0.1) is 34.3 Å².